The average Bonchev–Trinajstić information content (AvgIpc) is 3.35. The molecule has 1 saturated heterocycles. The standard InChI is InChI=1S/C19H18N4O4/c1-25-14-3-4-16(26-2)15(10-14)23-11-13(9-17(23)24)19-21-18(22-27-19)12-5-7-20-8-6-12/h3-8,10,13H,9,11H2,1-2H3/t13-/m0/s1. The van der Waals surface area contributed by atoms with Crippen molar-refractivity contribution < 1.29 is 18.8 Å². The smallest absolute Gasteiger partial charge is 0.232 e. The van der Waals surface area contributed by atoms with Gasteiger partial charge in [-0.15, -0.1) is 0 Å². The van der Waals surface area contributed by atoms with Crippen LogP contribution in [-0.2, 0) is 4.79 Å². The van der Waals surface area contributed by atoms with Gasteiger partial charge in [-0.25, -0.2) is 0 Å². The number of hydrogen-bond acceptors (Lipinski definition) is 7. The molecule has 0 radical (unpaired) electrons. The number of carbonyl (C=O) groups is 1. The zero-order chi connectivity index (χ0) is 18.8. The summed E-state index contributed by atoms with van der Waals surface area (Å²) in [7, 11) is 3.15. The van der Waals surface area contributed by atoms with Gasteiger partial charge in [0.2, 0.25) is 17.6 Å². The number of nitrogens with zero attached hydrogens (tertiary/aromatic N) is 4. The van der Waals surface area contributed by atoms with Crippen molar-refractivity contribution in [2.24, 2.45) is 0 Å². The molecule has 0 bridgehead atoms. The number of ether oxygens (including phenoxy) is 2. The summed E-state index contributed by atoms with van der Waals surface area (Å²) in [4.78, 5) is 22.7. The largest absolute Gasteiger partial charge is 0.497 e. The van der Waals surface area contributed by atoms with Crippen LogP contribution in [0.2, 0.25) is 0 Å². The highest BCUT2D eigenvalue weighted by molar-refractivity contribution is 5.98. The second-order valence-electron chi connectivity index (χ2n) is 6.14. The summed E-state index contributed by atoms with van der Waals surface area (Å²) in [5, 5.41) is 4.03. The highest BCUT2D eigenvalue weighted by Gasteiger charge is 2.36. The quantitative estimate of drug-likeness (QED) is 0.685. The first-order valence-corrected chi connectivity index (χ1v) is 8.46. The molecule has 138 valence electrons. The number of anilines is 1. The molecule has 3 aromatic rings. The van der Waals surface area contributed by atoms with Crippen LogP contribution in [0, 0.1) is 0 Å². The van der Waals surface area contributed by atoms with Crippen LogP contribution >= 0.6 is 0 Å². The van der Waals surface area contributed by atoms with Crippen LogP contribution in [-0.4, -0.2) is 41.8 Å². The van der Waals surface area contributed by atoms with E-state index in [0.29, 0.717) is 41.9 Å². The number of carbonyl (C=O) groups excluding carboxylic acids is 1. The van der Waals surface area contributed by atoms with Gasteiger partial charge in [-0.1, -0.05) is 5.16 Å². The average molecular weight is 366 g/mol. The number of aromatic nitrogens is 3. The van der Waals surface area contributed by atoms with E-state index < -0.39 is 0 Å². The van der Waals surface area contributed by atoms with Crippen molar-refractivity contribution >= 4 is 11.6 Å². The first-order valence-electron chi connectivity index (χ1n) is 8.46. The van der Waals surface area contributed by atoms with Crippen LogP contribution in [0.4, 0.5) is 5.69 Å². The highest BCUT2D eigenvalue weighted by atomic mass is 16.5. The zero-order valence-corrected chi connectivity index (χ0v) is 15.0. The lowest BCUT2D eigenvalue weighted by Crippen LogP contribution is -2.24. The minimum Gasteiger partial charge on any atom is -0.497 e. The van der Waals surface area contributed by atoms with Crippen LogP contribution < -0.4 is 14.4 Å². The Balaban J connectivity index is 1.59. The lowest BCUT2D eigenvalue weighted by molar-refractivity contribution is -0.117. The maximum absolute atomic E-state index is 12.6. The van der Waals surface area contributed by atoms with Gasteiger partial charge in [0.1, 0.15) is 11.5 Å². The van der Waals surface area contributed by atoms with Crippen LogP contribution in [0.15, 0.2) is 47.2 Å². The second-order valence-corrected chi connectivity index (χ2v) is 6.14. The van der Waals surface area contributed by atoms with Gasteiger partial charge in [-0.05, 0) is 24.3 Å². The SMILES string of the molecule is COc1ccc(OC)c(N2C[C@@H](c3nc(-c4ccncc4)no3)CC2=O)c1. The second kappa shape index (κ2) is 7.06. The summed E-state index contributed by atoms with van der Waals surface area (Å²) in [6, 6.07) is 8.97. The molecule has 1 aromatic carbocycles. The van der Waals surface area contributed by atoms with Crippen molar-refractivity contribution in [2.45, 2.75) is 12.3 Å². The molecule has 4 rings (SSSR count). The molecule has 0 saturated carbocycles. The number of hydrogen-bond donors (Lipinski definition) is 0. The Morgan fingerprint density at radius 3 is 2.70 bits per heavy atom. The third-order valence-corrected chi connectivity index (χ3v) is 4.53. The molecule has 8 heteroatoms. The fraction of sp³-hybridized carbons (Fsp3) is 0.263. The topological polar surface area (TPSA) is 90.6 Å². The van der Waals surface area contributed by atoms with Crippen LogP contribution in [0.5, 0.6) is 11.5 Å². The minimum absolute atomic E-state index is 0.0322. The van der Waals surface area contributed by atoms with E-state index in [1.807, 2.05) is 12.1 Å². The molecule has 1 aliphatic rings. The summed E-state index contributed by atoms with van der Waals surface area (Å²) in [5.41, 5.74) is 1.48. The van der Waals surface area contributed by atoms with E-state index in [9.17, 15) is 4.79 Å². The number of benzene rings is 1. The third-order valence-electron chi connectivity index (χ3n) is 4.53. The lowest BCUT2D eigenvalue weighted by atomic mass is 10.1. The van der Waals surface area contributed by atoms with Gasteiger partial charge in [-0.3, -0.25) is 9.78 Å². The first kappa shape index (κ1) is 17.0. The van der Waals surface area contributed by atoms with Crippen LogP contribution in [0.25, 0.3) is 11.4 Å². The number of methoxy groups -OCH3 is 2. The van der Waals surface area contributed by atoms with Crippen molar-refractivity contribution in [1.82, 2.24) is 15.1 Å². The fourth-order valence-electron chi connectivity index (χ4n) is 3.13. The highest BCUT2D eigenvalue weighted by Crippen LogP contribution is 2.38. The fourth-order valence-corrected chi connectivity index (χ4v) is 3.13. The van der Waals surface area contributed by atoms with E-state index >= 15 is 0 Å². The van der Waals surface area contributed by atoms with Gasteiger partial charge in [-0.2, -0.15) is 4.98 Å². The number of rotatable bonds is 5. The Kier molecular flexibility index (Phi) is 4.45. The minimum atomic E-state index is -0.184. The monoisotopic (exact) mass is 366 g/mol. The molecule has 8 nitrogen and oxygen atoms in total. The van der Waals surface area contributed by atoms with E-state index in [-0.39, 0.29) is 11.8 Å². The molecule has 2 aromatic heterocycles. The Bertz CT molecular complexity index is 957. The molecule has 0 aliphatic carbocycles. The summed E-state index contributed by atoms with van der Waals surface area (Å²) in [6.07, 6.45) is 3.63. The molecule has 0 unspecified atom stereocenters. The molecular formula is C19H18N4O4. The van der Waals surface area contributed by atoms with E-state index in [2.05, 4.69) is 15.1 Å². The van der Waals surface area contributed by atoms with E-state index in [1.54, 1.807) is 49.7 Å². The lowest BCUT2D eigenvalue weighted by Gasteiger charge is -2.20. The van der Waals surface area contributed by atoms with E-state index in [0.717, 1.165) is 5.56 Å². The van der Waals surface area contributed by atoms with Crippen molar-refractivity contribution in [2.75, 3.05) is 25.7 Å². The van der Waals surface area contributed by atoms with Crippen LogP contribution in [0.1, 0.15) is 18.2 Å². The third kappa shape index (κ3) is 3.21. The molecule has 1 atom stereocenters. The number of pyridine rings is 1. The molecule has 0 spiro atoms. The van der Waals surface area contributed by atoms with Crippen LogP contribution in [0.3, 0.4) is 0 Å². The zero-order valence-electron chi connectivity index (χ0n) is 15.0. The van der Waals surface area contributed by atoms with E-state index in [1.165, 1.54) is 0 Å². The summed E-state index contributed by atoms with van der Waals surface area (Å²) < 4.78 is 16.1. The van der Waals surface area contributed by atoms with Gasteiger partial charge >= 0.3 is 0 Å². The van der Waals surface area contributed by atoms with Gasteiger partial charge < -0.3 is 18.9 Å². The van der Waals surface area contributed by atoms with Gasteiger partial charge in [0.25, 0.3) is 0 Å². The van der Waals surface area contributed by atoms with Crippen molar-refractivity contribution in [1.29, 1.82) is 0 Å². The van der Waals surface area contributed by atoms with Crippen molar-refractivity contribution in [3.8, 4) is 22.9 Å². The summed E-state index contributed by atoms with van der Waals surface area (Å²) >= 11 is 0. The Morgan fingerprint density at radius 2 is 1.96 bits per heavy atom. The molecule has 1 aliphatic heterocycles. The maximum Gasteiger partial charge on any atom is 0.232 e. The number of amides is 1. The molecular weight excluding hydrogens is 348 g/mol. The van der Waals surface area contributed by atoms with Gasteiger partial charge in [0.05, 0.1) is 25.8 Å². The molecule has 0 N–H and O–H groups in total. The Labute approximate surface area is 155 Å². The van der Waals surface area contributed by atoms with Gasteiger partial charge in [0, 0.05) is 37.0 Å². The Hall–Kier alpha value is -3.42. The van der Waals surface area contributed by atoms with E-state index in [4.69, 9.17) is 14.0 Å². The summed E-state index contributed by atoms with van der Waals surface area (Å²) in [6.45, 7) is 0.431. The Morgan fingerprint density at radius 1 is 1.15 bits per heavy atom. The van der Waals surface area contributed by atoms with Crippen molar-refractivity contribution in [3.63, 3.8) is 0 Å². The molecule has 3 heterocycles. The molecule has 1 amide bonds. The molecule has 27 heavy (non-hydrogen) atoms. The van der Waals surface area contributed by atoms with Gasteiger partial charge in [0.15, 0.2) is 0 Å². The maximum atomic E-state index is 12.6. The first-order chi connectivity index (χ1) is 13.2. The van der Waals surface area contributed by atoms with Crippen molar-refractivity contribution in [3.05, 3.63) is 48.6 Å². The predicted molar refractivity (Wildman–Crippen MR) is 96.8 cm³/mol. The summed E-state index contributed by atoms with van der Waals surface area (Å²) in [5.74, 6) is 1.97. The predicted octanol–water partition coefficient (Wildman–Crippen LogP) is 2.67. The molecule has 1 fully saturated rings. The normalized spacial score (nSPS) is 16.6.